The number of hydrogen-bond donors (Lipinski definition) is 2. The average molecular weight is 286 g/mol. The van der Waals surface area contributed by atoms with Crippen LogP contribution < -0.4 is 5.32 Å². The minimum absolute atomic E-state index is 0.0699. The van der Waals surface area contributed by atoms with E-state index in [2.05, 4.69) is 10.3 Å². The summed E-state index contributed by atoms with van der Waals surface area (Å²) in [6.07, 6.45) is 3.32. The first-order valence-electron chi connectivity index (χ1n) is 7.06. The zero-order chi connectivity index (χ0) is 14.9. The lowest BCUT2D eigenvalue weighted by atomic mass is 9.80. The van der Waals surface area contributed by atoms with E-state index >= 15 is 0 Å². The number of aromatic nitrogens is 1. The molecular formula is C16H18N2O3. The van der Waals surface area contributed by atoms with Crippen LogP contribution in [0.15, 0.2) is 30.3 Å². The lowest BCUT2D eigenvalue weighted by Gasteiger charge is -2.40. The summed E-state index contributed by atoms with van der Waals surface area (Å²) in [6.45, 7) is 0.723. The topological polar surface area (TPSA) is 71.5 Å². The van der Waals surface area contributed by atoms with Gasteiger partial charge < -0.3 is 15.2 Å². The predicted octanol–water partition coefficient (Wildman–Crippen LogP) is 2.91. The monoisotopic (exact) mass is 286 g/mol. The summed E-state index contributed by atoms with van der Waals surface area (Å²) < 4.78 is 5.57. The van der Waals surface area contributed by atoms with Crippen molar-refractivity contribution in [3.8, 4) is 0 Å². The molecule has 2 aromatic rings. The molecule has 3 rings (SSSR count). The maximum absolute atomic E-state index is 11.2. The van der Waals surface area contributed by atoms with E-state index in [9.17, 15) is 9.90 Å². The number of benzene rings is 1. The van der Waals surface area contributed by atoms with Gasteiger partial charge in [0.05, 0.1) is 16.7 Å². The van der Waals surface area contributed by atoms with Gasteiger partial charge in [0.1, 0.15) is 5.82 Å². The summed E-state index contributed by atoms with van der Waals surface area (Å²) in [5.41, 5.74) is 0.887. The molecule has 0 saturated heterocycles. The SMILES string of the molecule is COC1(CNc2ccc3c(C(=O)O)cccc3n2)CCC1. The van der Waals surface area contributed by atoms with Crippen LogP contribution in [-0.4, -0.2) is 35.3 Å². The largest absolute Gasteiger partial charge is 0.478 e. The summed E-state index contributed by atoms with van der Waals surface area (Å²) in [5.74, 6) is -0.190. The Bertz CT molecular complexity index is 675. The van der Waals surface area contributed by atoms with Crippen LogP contribution in [0.25, 0.3) is 10.9 Å². The fourth-order valence-electron chi connectivity index (χ4n) is 2.72. The molecule has 1 saturated carbocycles. The molecule has 0 aliphatic heterocycles. The fraction of sp³-hybridized carbons (Fsp3) is 0.375. The van der Waals surface area contributed by atoms with E-state index in [1.165, 1.54) is 6.42 Å². The number of anilines is 1. The Morgan fingerprint density at radius 3 is 2.81 bits per heavy atom. The van der Waals surface area contributed by atoms with Crippen molar-refractivity contribution < 1.29 is 14.6 Å². The molecule has 1 aromatic carbocycles. The average Bonchev–Trinajstić information content (AvgIpc) is 2.45. The lowest BCUT2D eigenvalue weighted by molar-refractivity contribution is -0.0601. The maximum Gasteiger partial charge on any atom is 0.336 e. The highest BCUT2D eigenvalue weighted by Crippen LogP contribution is 2.35. The summed E-state index contributed by atoms with van der Waals surface area (Å²) in [4.78, 5) is 15.7. The number of nitrogens with zero attached hydrogens (tertiary/aromatic N) is 1. The van der Waals surface area contributed by atoms with Crippen molar-refractivity contribution in [3.63, 3.8) is 0 Å². The van der Waals surface area contributed by atoms with Crippen LogP contribution in [0.1, 0.15) is 29.6 Å². The van der Waals surface area contributed by atoms with Gasteiger partial charge in [-0.2, -0.15) is 0 Å². The lowest BCUT2D eigenvalue weighted by Crippen LogP contribution is -2.45. The molecule has 1 fully saturated rings. The van der Waals surface area contributed by atoms with Crippen molar-refractivity contribution in [1.82, 2.24) is 4.98 Å². The molecule has 5 nitrogen and oxygen atoms in total. The summed E-state index contributed by atoms with van der Waals surface area (Å²) in [7, 11) is 1.74. The standard InChI is InChI=1S/C16H18N2O3/c1-21-16(8-3-9-16)10-17-14-7-6-11-12(15(19)20)4-2-5-13(11)18-14/h2,4-7H,3,8-10H2,1H3,(H,17,18)(H,19,20). The predicted molar refractivity (Wildman–Crippen MR) is 80.8 cm³/mol. The molecule has 0 radical (unpaired) electrons. The highest BCUT2D eigenvalue weighted by atomic mass is 16.5. The van der Waals surface area contributed by atoms with Crippen LogP contribution in [0.4, 0.5) is 5.82 Å². The fourth-order valence-corrected chi connectivity index (χ4v) is 2.72. The van der Waals surface area contributed by atoms with Gasteiger partial charge in [-0.25, -0.2) is 9.78 Å². The van der Waals surface area contributed by atoms with E-state index in [1.807, 2.05) is 12.1 Å². The molecular weight excluding hydrogens is 268 g/mol. The van der Waals surface area contributed by atoms with E-state index in [-0.39, 0.29) is 11.2 Å². The Hall–Kier alpha value is -2.14. The van der Waals surface area contributed by atoms with Gasteiger partial charge in [0, 0.05) is 19.0 Å². The molecule has 1 aliphatic rings. The quantitative estimate of drug-likeness (QED) is 0.884. The molecule has 0 unspecified atom stereocenters. The highest BCUT2D eigenvalue weighted by molar-refractivity contribution is 6.02. The van der Waals surface area contributed by atoms with E-state index in [1.54, 1.807) is 25.3 Å². The van der Waals surface area contributed by atoms with Crippen LogP contribution in [0.3, 0.4) is 0 Å². The summed E-state index contributed by atoms with van der Waals surface area (Å²) in [6, 6.07) is 8.74. The van der Waals surface area contributed by atoms with Crippen LogP contribution in [-0.2, 0) is 4.74 Å². The van der Waals surface area contributed by atoms with E-state index in [0.717, 1.165) is 25.2 Å². The number of carboxylic acid groups (broad SMARTS) is 1. The van der Waals surface area contributed by atoms with Gasteiger partial charge in [0.2, 0.25) is 0 Å². The van der Waals surface area contributed by atoms with Crippen molar-refractivity contribution in [2.75, 3.05) is 19.0 Å². The smallest absolute Gasteiger partial charge is 0.336 e. The molecule has 5 heteroatoms. The molecule has 1 aliphatic carbocycles. The minimum atomic E-state index is -0.934. The molecule has 110 valence electrons. The molecule has 1 heterocycles. The zero-order valence-corrected chi connectivity index (χ0v) is 11.9. The zero-order valence-electron chi connectivity index (χ0n) is 11.9. The number of carboxylic acids is 1. The first kappa shape index (κ1) is 13.8. The summed E-state index contributed by atoms with van der Waals surface area (Å²) in [5, 5.41) is 13.1. The van der Waals surface area contributed by atoms with Gasteiger partial charge in [-0.1, -0.05) is 6.07 Å². The number of pyridine rings is 1. The molecule has 0 bridgehead atoms. The van der Waals surface area contributed by atoms with Gasteiger partial charge in [-0.3, -0.25) is 0 Å². The first-order valence-corrected chi connectivity index (χ1v) is 7.06. The maximum atomic E-state index is 11.2. The normalized spacial score (nSPS) is 16.4. The minimum Gasteiger partial charge on any atom is -0.478 e. The van der Waals surface area contributed by atoms with E-state index in [0.29, 0.717) is 10.9 Å². The van der Waals surface area contributed by atoms with E-state index < -0.39 is 5.97 Å². The third-order valence-electron chi connectivity index (χ3n) is 4.25. The molecule has 0 spiro atoms. The molecule has 21 heavy (non-hydrogen) atoms. The van der Waals surface area contributed by atoms with Gasteiger partial charge in [0.15, 0.2) is 0 Å². The Labute approximate surface area is 123 Å². The second kappa shape index (κ2) is 5.33. The Morgan fingerprint density at radius 1 is 1.38 bits per heavy atom. The van der Waals surface area contributed by atoms with Crippen molar-refractivity contribution in [1.29, 1.82) is 0 Å². The molecule has 0 amide bonds. The number of fused-ring (bicyclic) bond motifs is 1. The second-order valence-corrected chi connectivity index (χ2v) is 5.47. The third kappa shape index (κ3) is 2.56. The van der Waals surface area contributed by atoms with Gasteiger partial charge in [0.25, 0.3) is 0 Å². The van der Waals surface area contributed by atoms with Gasteiger partial charge in [-0.15, -0.1) is 0 Å². The number of rotatable bonds is 5. The van der Waals surface area contributed by atoms with Crippen LogP contribution >= 0.6 is 0 Å². The molecule has 1 aromatic heterocycles. The number of ether oxygens (including phenoxy) is 1. The number of nitrogens with one attached hydrogen (secondary N) is 1. The van der Waals surface area contributed by atoms with Crippen LogP contribution in [0.5, 0.6) is 0 Å². The number of methoxy groups -OCH3 is 1. The Morgan fingerprint density at radius 2 is 2.19 bits per heavy atom. The first-order chi connectivity index (χ1) is 10.1. The van der Waals surface area contributed by atoms with E-state index in [4.69, 9.17) is 4.74 Å². The van der Waals surface area contributed by atoms with Crippen LogP contribution in [0, 0.1) is 0 Å². The van der Waals surface area contributed by atoms with Crippen molar-refractivity contribution >= 4 is 22.7 Å². The Kier molecular flexibility index (Phi) is 3.51. The number of aromatic carboxylic acids is 1. The summed E-state index contributed by atoms with van der Waals surface area (Å²) >= 11 is 0. The van der Waals surface area contributed by atoms with Gasteiger partial charge in [-0.05, 0) is 43.5 Å². The second-order valence-electron chi connectivity index (χ2n) is 5.47. The van der Waals surface area contributed by atoms with Crippen molar-refractivity contribution in [2.45, 2.75) is 24.9 Å². The molecule has 0 atom stereocenters. The van der Waals surface area contributed by atoms with Crippen molar-refractivity contribution in [2.24, 2.45) is 0 Å². The number of carbonyl (C=O) groups is 1. The number of hydrogen-bond acceptors (Lipinski definition) is 4. The third-order valence-corrected chi connectivity index (χ3v) is 4.25. The Balaban J connectivity index is 1.83. The van der Waals surface area contributed by atoms with Crippen molar-refractivity contribution in [3.05, 3.63) is 35.9 Å². The molecule has 2 N–H and O–H groups in total. The van der Waals surface area contributed by atoms with Crippen LogP contribution in [0.2, 0.25) is 0 Å². The van der Waals surface area contributed by atoms with Gasteiger partial charge >= 0.3 is 5.97 Å². The highest BCUT2D eigenvalue weighted by Gasteiger charge is 2.36.